The standard InChI is InChI=1S/C21H15BrN6O/c1-23-18-6-2-4-16(12-18)21(29,17-5-3-9-24-14-17)20(28-11-10-26-27-28)15-7-8-19(22)25-13-15/h2-14,20,29H. The molecule has 0 amide bonds. The van der Waals surface area contributed by atoms with Crippen molar-refractivity contribution >= 4 is 21.6 Å². The van der Waals surface area contributed by atoms with Crippen molar-refractivity contribution in [2.45, 2.75) is 11.6 Å². The summed E-state index contributed by atoms with van der Waals surface area (Å²) in [6.07, 6.45) is 8.17. The van der Waals surface area contributed by atoms with Crippen molar-refractivity contribution < 1.29 is 5.11 Å². The molecule has 8 heteroatoms. The molecule has 142 valence electrons. The van der Waals surface area contributed by atoms with Crippen LogP contribution >= 0.6 is 15.9 Å². The lowest BCUT2D eigenvalue weighted by molar-refractivity contribution is 0.0325. The second-order valence-corrected chi connectivity index (χ2v) is 7.18. The quantitative estimate of drug-likeness (QED) is 0.371. The first-order chi connectivity index (χ1) is 14.1. The highest BCUT2D eigenvalue weighted by atomic mass is 79.9. The van der Waals surface area contributed by atoms with Gasteiger partial charge in [-0.3, -0.25) is 4.98 Å². The molecule has 2 unspecified atom stereocenters. The van der Waals surface area contributed by atoms with Gasteiger partial charge in [0.15, 0.2) is 5.69 Å². The summed E-state index contributed by atoms with van der Waals surface area (Å²) in [5, 5.41) is 20.3. The molecule has 0 aliphatic carbocycles. The number of hydrogen-bond donors (Lipinski definition) is 1. The largest absolute Gasteiger partial charge is 0.378 e. The summed E-state index contributed by atoms with van der Waals surface area (Å²) in [6, 6.07) is 13.4. The molecule has 29 heavy (non-hydrogen) atoms. The van der Waals surface area contributed by atoms with Gasteiger partial charge in [0, 0.05) is 30.4 Å². The third-order valence-electron chi connectivity index (χ3n) is 4.68. The van der Waals surface area contributed by atoms with E-state index in [-0.39, 0.29) is 0 Å². The van der Waals surface area contributed by atoms with Crippen molar-refractivity contribution in [1.29, 1.82) is 0 Å². The van der Waals surface area contributed by atoms with E-state index in [1.54, 1.807) is 78.1 Å². The van der Waals surface area contributed by atoms with Crippen LogP contribution in [-0.4, -0.2) is 30.1 Å². The van der Waals surface area contributed by atoms with Gasteiger partial charge in [-0.2, -0.15) is 0 Å². The lowest BCUT2D eigenvalue weighted by atomic mass is 9.78. The summed E-state index contributed by atoms with van der Waals surface area (Å²) >= 11 is 3.35. The van der Waals surface area contributed by atoms with Crippen LogP contribution in [0.1, 0.15) is 22.7 Å². The molecule has 3 aromatic heterocycles. The van der Waals surface area contributed by atoms with Crippen molar-refractivity contribution in [2.75, 3.05) is 0 Å². The SMILES string of the molecule is [C-]#[N+]c1cccc(C(O)(c2cccnc2)C(c2ccc(Br)nc2)n2ccnn2)c1. The van der Waals surface area contributed by atoms with Crippen LogP contribution in [0.2, 0.25) is 0 Å². The molecule has 1 aromatic carbocycles. The number of aliphatic hydroxyl groups is 1. The molecule has 0 bridgehead atoms. The zero-order valence-corrected chi connectivity index (χ0v) is 16.7. The first-order valence-electron chi connectivity index (χ1n) is 8.71. The maximum Gasteiger partial charge on any atom is 0.187 e. The molecule has 0 aliphatic heterocycles. The van der Waals surface area contributed by atoms with E-state index in [4.69, 9.17) is 6.57 Å². The molecule has 4 aromatic rings. The minimum Gasteiger partial charge on any atom is -0.378 e. The molecule has 0 saturated heterocycles. The predicted molar refractivity (Wildman–Crippen MR) is 110 cm³/mol. The second-order valence-electron chi connectivity index (χ2n) is 6.37. The maximum atomic E-state index is 12.3. The monoisotopic (exact) mass is 446 g/mol. The van der Waals surface area contributed by atoms with Crippen LogP contribution in [0, 0.1) is 6.57 Å². The number of benzene rings is 1. The van der Waals surface area contributed by atoms with Crippen molar-refractivity contribution in [3.63, 3.8) is 0 Å². The summed E-state index contributed by atoms with van der Waals surface area (Å²) in [4.78, 5) is 12.0. The first-order valence-corrected chi connectivity index (χ1v) is 9.50. The van der Waals surface area contributed by atoms with Crippen molar-refractivity contribution in [1.82, 2.24) is 25.0 Å². The Morgan fingerprint density at radius 3 is 2.59 bits per heavy atom. The molecule has 1 N–H and O–H groups in total. The van der Waals surface area contributed by atoms with Gasteiger partial charge in [0.05, 0.1) is 12.8 Å². The van der Waals surface area contributed by atoms with E-state index in [2.05, 4.69) is 41.1 Å². The fourth-order valence-corrected chi connectivity index (χ4v) is 3.61. The van der Waals surface area contributed by atoms with E-state index < -0.39 is 11.6 Å². The Morgan fingerprint density at radius 1 is 1.07 bits per heavy atom. The lowest BCUT2D eigenvalue weighted by Gasteiger charge is -2.37. The van der Waals surface area contributed by atoms with E-state index >= 15 is 0 Å². The van der Waals surface area contributed by atoms with Crippen molar-refractivity contribution in [2.24, 2.45) is 0 Å². The molecule has 0 saturated carbocycles. The van der Waals surface area contributed by atoms with Crippen LogP contribution in [0.4, 0.5) is 5.69 Å². The normalized spacial score (nSPS) is 14.0. The lowest BCUT2D eigenvalue weighted by Crippen LogP contribution is -2.39. The first kappa shape index (κ1) is 18.9. The van der Waals surface area contributed by atoms with E-state index in [1.165, 1.54) is 0 Å². The van der Waals surface area contributed by atoms with Gasteiger partial charge in [0.25, 0.3) is 0 Å². The molecular formula is C21H15BrN6O. The molecule has 7 nitrogen and oxygen atoms in total. The number of aromatic nitrogens is 5. The van der Waals surface area contributed by atoms with Gasteiger partial charge in [0.2, 0.25) is 0 Å². The zero-order valence-electron chi connectivity index (χ0n) is 15.1. The minimum atomic E-state index is -1.59. The second kappa shape index (κ2) is 7.91. The van der Waals surface area contributed by atoms with Crippen LogP contribution in [0.25, 0.3) is 4.85 Å². The molecule has 2 atom stereocenters. The third-order valence-corrected chi connectivity index (χ3v) is 5.15. The third kappa shape index (κ3) is 3.53. The smallest absolute Gasteiger partial charge is 0.187 e. The zero-order chi connectivity index (χ0) is 20.3. The van der Waals surface area contributed by atoms with Gasteiger partial charge in [0.1, 0.15) is 16.2 Å². The van der Waals surface area contributed by atoms with Crippen LogP contribution in [-0.2, 0) is 5.60 Å². The predicted octanol–water partition coefficient (Wildman–Crippen LogP) is 3.91. The number of halogens is 1. The summed E-state index contributed by atoms with van der Waals surface area (Å²) in [6.45, 7) is 7.37. The van der Waals surface area contributed by atoms with Gasteiger partial charge >= 0.3 is 0 Å². The molecular weight excluding hydrogens is 432 g/mol. The van der Waals surface area contributed by atoms with Crippen molar-refractivity contribution in [3.05, 3.63) is 112 Å². The summed E-state index contributed by atoms with van der Waals surface area (Å²) in [5.41, 5.74) is 0.667. The highest BCUT2D eigenvalue weighted by Gasteiger charge is 2.43. The maximum absolute atomic E-state index is 12.3. The van der Waals surface area contributed by atoms with Gasteiger partial charge in [-0.15, -0.1) is 5.10 Å². The molecule has 0 spiro atoms. The summed E-state index contributed by atoms with van der Waals surface area (Å²) < 4.78 is 2.26. The van der Waals surface area contributed by atoms with E-state index in [0.29, 0.717) is 21.4 Å². The number of nitrogens with zero attached hydrogens (tertiary/aromatic N) is 6. The molecule has 0 fully saturated rings. The van der Waals surface area contributed by atoms with Crippen LogP contribution in [0.3, 0.4) is 0 Å². The number of rotatable bonds is 5. The Labute approximate surface area is 175 Å². The molecule has 4 rings (SSSR count). The van der Waals surface area contributed by atoms with Crippen LogP contribution in [0.5, 0.6) is 0 Å². The van der Waals surface area contributed by atoms with Crippen LogP contribution in [0.15, 0.2) is 84.1 Å². The number of hydrogen-bond acceptors (Lipinski definition) is 5. The molecule has 0 aliphatic rings. The average molecular weight is 447 g/mol. The van der Waals surface area contributed by atoms with Crippen LogP contribution < -0.4 is 0 Å². The van der Waals surface area contributed by atoms with E-state index in [1.807, 2.05) is 6.07 Å². The molecule has 0 radical (unpaired) electrons. The van der Waals surface area contributed by atoms with Gasteiger partial charge in [-0.05, 0) is 39.2 Å². The fourth-order valence-electron chi connectivity index (χ4n) is 3.37. The molecule has 3 heterocycles. The number of pyridine rings is 2. The van der Waals surface area contributed by atoms with E-state index in [0.717, 1.165) is 5.56 Å². The fraction of sp³-hybridized carbons (Fsp3) is 0.0952. The topological polar surface area (TPSA) is 81.1 Å². The van der Waals surface area contributed by atoms with Gasteiger partial charge in [-0.1, -0.05) is 41.6 Å². The van der Waals surface area contributed by atoms with Gasteiger partial charge in [-0.25, -0.2) is 14.5 Å². The summed E-state index contributed by atoms with van der Waals surface area (Å²) in [7, 11) is 0. The minimum absolute atomic E-state index is 0.427. The summed E-state index contributed by atoms with van der Waals surface area (Å²) in [5.74, 6) is 0. The highest BCUT2D eigenvalue weighted by molar-refractivity contribution is 9.10. The van der Waals surface area contributed by atoms with E-state index in [9.17, 15) is 5.11 Å². The Balaban J connectivity index is 2.01. The highest BCUT2D eigenvalue weighted by Crippen LogP contribution is 2.43. The van der Waals surface area contributed by atoms with Gasteiger partial charge < -0.3 is 5.11 Å². The Hall–Kier alpha value is -3.41. The van der Waals surface area contributed by atoms with Crippen molar-refractivity contribution in [3.8, 4) is 0 Å². The average Bonchev–Trinajstić information content (AvgIpc) is 3.30. The Bertz CT molecular complexity index is 1140. The Morgan fingerprint density at radius 2 is 1.93 bits per heavy atom. The Kier molecular flexibility index (Phi) is 5.16.